The zero-order chi connectivity index (χ0) is 35.1. The molecule has 0 aromatic carbocycles. The molecule has 1 amide bonds. The summed E-state index contributed by atoms with van der Waals surface area (Å²) in [5.74, 6) is 10.9. The fraction of sp³-hybridized carbons (Fsp3) is 0.541. The molecule has 49 heavy (non-hydrogen) atoms. The summed E-state index contributed by atoms with van der Waals surface area (Å²) < 4.78 is 16.5. The first-order valence-corrected chi connectivity index (χ1v) is 17.0. The van der Waals surface area contributed by atoms with Crippen molar-refractivity contribution in [1.29, 1.82) is 0 Å². The van der Waals surface area contributed by atoms with Gasteiger partial charge in [0.1, 0.15) is 40.6 Å². The van der Waals surface area contributed by atoms with E-state index < -0.39 is 5.60 Å². The van der Waals surface area contributed by atoms with Crippen LogP contribution in [-0.2, 0) is 14.2 Å². The molecule has 1 saturated heterocycles. The highest BCUT2D eigenvalue weighted by atomic mass is 79.9. The third-order valence-electron chi connectivity index (χ3n) is 6.17. The van der Waals surface area contributed by atoms with Crippen LogP contribution in [0.25, 0.3) is 0 Å². The molecule has 2 aliphatic carbocycles. The number of amides is 1. The standard InChI is InChI=1S/C12H13NO2.C8H15NO3.C7H10O.C5H4BrNO.C3H3Br.2CH4/c14-11-7-6-10(13-9-11)3-2-8-15-12-4-1-5-12;1-8(2,3)12-7(11)9-4-6(10)5-9;1-2-6-8-7-4-3-5-7;6-5-2-1-4(8)3-7-5;1-2-3-4;;/h6-7,9,12,14H,1,4-5,8H2;6,10H,4-5H2,1-3H3;1,7H,3-6H2;1-3,8H;1H,3H2;2*1H4. The molecule has 0 unspecified atom stereocenters. The fourth-order valence-electron chi connectivity index (χ4n) is 3.29. The van der Waals surface area contributed by atoms with E-state index in [-0.39, 0.29) is 38.5 Å². The Morgan fingerprint density at radius 2 is 1.43 bits per heavy atom. The molecule has 10 nitrogen and oxygen atoms in total. The number of aromatic nitrogens is 2. The molecule has 0 radical (unpaired) electrons. The van der Waals surface area contributed by atoms with Crippen molar-refractivity contribution < 1.29 is 34.3 Å². The van der Waals surface area contributed by atoms with Crippen LogP contribution in [-0.4, -0.2) is 91.8 Å². The maximum atomic E-state index is 11.2. The van der Waals surface area contributed by atoms with Crippen molar-refractivity contribution in [3.63, 3.8) is 0 Å². The second-order valence-electron chi connectivity index (χ2n) is 11.4. The van der Waals surface area contributed by atoms with E-state index in [0.717, 1.165) is 4.60 Å². The Balaban J connectivity index is 0. The fourth-order valence-corrected chi connectivity index (χ4v) is 3.52. The van der Waals surface area contributed by atoms with Gasteiger partial charge in [0.2, 0.25) is 0 Å². The molecule has 3 N–H and O–H groups in total. The third-order valence-corrected chi connectivity index (χ3v) is 6.96. The Morgan fingerprint density at radius 3 is 1.78 bits per heavy atom. The van der Waals surface area contributed by atoms with Gasteiger partial charge >= 0.3 is 6.09 Å². The van der Waals surface area contributed by atoms with Crippen molar-refractivity contribution in [3.05, 3.63) is 47.0 Å². The molecule has 1 aliphatic heterocycles. The first kappa shape index (κ1) is 47.8. The van der Waals surface area contributed by atoms with Crippen molar-refractivity contribution in [2.24, 2.45) is 0 Å². The highest BCUT2D eigenvalue weighted by Crippen LogP contribution is 2.22. The summed E-state index contributed by atoms with van der Waals surface area (Å²) in [4.78, 5) is 20.4. The number of hydrogen-bond acceptors (Lipinski definition) is 9. The van der Waals surface area contributed by atoms with Crippen LogP contribution in [0.1, 0.15) is 79.8 Å². The highest BCUT2D eigenvalue weighted by Gasteiger charge is 2.32. The summed E-state index contributed by atoms with van der Waals surface area (Å²) in [5.41, 5.74) is 0.211. The summed E-state index contributed by atoms with van der Waals surface area (Å²) in [6, 6.07) is 6.50. The van der Waals surface area contributed by atoms with E-state index in [1.54, 1.807) is 24.3 Å². The number of pyridine rings is 2. The number of nitrogens with zero attached hydrogens (tertiary/aromatic N) is 3. The Hall–Kier alpha value is -3.31. The minimum Gasteiger partial charge on any atom is -0.506 e. The quantitative estimate of drug-likeness (QED) is 0.165. The number of terminal acetylenes is 2. The molecule has 3 aliphatic rings. The van der Waals surface area contributed by atoms with Crippen LogP contribution in [0.2, 0.25) is 0 Å². The SMILES string of the molecule is C.C.C#CCBr.C#CCOC1CCC1.CC(C)(C)OC(=O)N1CC(O)C1.Oc1ccc(Br)nc1.Oc1ccc(C#CCOC2CCC2)nc1. The van der Waals surface area contributed by atoms with Crippen LogP contribution in [0.4, 0.5) is 4.79 Å². The number of carbonyl (C=O) groups excluding carboxylic acids is 1. The number of aliphatic hydroxyl groups excluding tert-OH is 1. The van der Waals surface area contributed by atoms with Crippen molar-refractivity contribution in [3.8, 4) is 48.0 Å². The molecule has 2 saturated carbocycles. The number of hydrogen-bond donors (Lipinski definition) is 3. The number of carbonyl (C=O) groups is 1. The van der Waals surface area contributed by atoms with Crippen LogP contribution < -0.4 is 0 Å². The predicted molar refractivity (Wildman–Crippen MR) is 202 cm³/mol. The minimum absolute atomic E-state index is 0. The van der Waals surface area contributed by atoms with E-state index >= 15 is 0 Å². The summed E-state index contributed by atoms with van der Waals surface area (Å²) in [6.45, 7) is 7.21. The molecule has 0 bridgehead atoms. The zero-order valence-corrected chi connectivity index (χ0v) is 30.4. The monoisotopic (exact) mass is 809 g/mol. The van der Waals surface area contributed by atoms with Gasteiger partial charge in [0.25, 0.3) is 0 Å². The largest absolute Gasteiger partial charge is 0.506 e. The molecule has 0 atom stereocenters. The molecular weight excluding hydrogens is 758 g/mol. The number of aliphatic hydroxyl groups is 1. The molecule has 3 fully saturated rings. The van der Waals surface area contributed by atoms with Gasteiger partial charge in [0.15, 0.2) is 0 Å². The van der Waals surface area contributed by atoms with Crippen LogP contribution >= 0.6 is 31.9 Å². The molecule has 2 aromatic heterocycles. The lowest BCUT2D eigenvalue weighted by Crippen LogP contribution is -2.54. The van der Waals surface area contributed by atoms with Gasteiger partial charge in [-0.05, 0) is 105 Å². The lowest BCUT2D eigenvalue weighted by atomic mass is 9.96. The van der Waals surface area contributed by atoms with E-state index in [9.17, 15) is 4.79 Å². The number of ether oxygens (including phenoxy) is 3. The first-order chi connectivity index (χ1) is 22.4. The molecule has 5 rings (SSSR count). The van der Waals surface area contributed by atoms with Gasteiger partial charge in [-0.2, -0.15) is 0 Å². The molecule has 2 aromatic rings. The van der Waals surface area contributed by atoms with E-state index in [1.807, 2.05) is 20.8 Å². The van der Waals surface area contributed by atoms with Gasteiger partial charge in [0.05, 0.1) is 49.1 Å². The Morgan fingerprint density at radius 1 is 0.918 bits per heavy atom. The van der Waals surface area contributed by atoms with Crippen molar-refractivity contribution in [2.45, 2.75) is 98.1 Å². The number of rotatable bonds is 4. The van der Waals surface area contributed by atoms with E-state index in [4.69, 9.17) is 42.4 Å². The zero-order valence-electron chi connectivity index (χ0n) is 27.2. The van der Waals surface area contributed by atoms with Crippen molar-refractivity contribution >= 4 is 38.0 Å². The average molecular weight is 812 g/mol. The van der Waals surface area contributed by atoms with Gasteiger partial charge in [-0.15, -0.1) is 12.8 Å². The highest BCUT2D eigenvalue weighted by molar-refractivity contribution is 9.10. The van der Waals surface area contributed by atoms with E-state index in [0.29, 0.717) is 49.5 Å². The van der Waals surface area contributed by atoms with Crippen LogP contribution in [0.3, 0.4) is 0 Å². The smallest absolute Gasteiger partial charge is 0.410 e. The molecule has 0 spiro atoms. The van der Waals surface area contributed by atoms with Crippen LogP contribution in [0, 0.1) is 36.5 Å². The third kappa shape index (κ3) is 24.5. The lowest BCUT2D eigenvalue weighted by molar-refractivity contribution is -0.0303. The summed E-state index contributed by atoms with van der Waals surface area (Å²) in [6.07, 6.45) is 20.0. The number of β-amino-alcohol motifs (C(OH)–C–C–N with tert-alkyl or cyclic N) is 1. The van der Waals surface area contributed by atoms with Gasteiger partial charge < -0.3 is 34.4 Å². The topological polar surface area (TPSA) is 134 Å². The molecule has 12 heteroatoms. The number of aromatic hydroxyl groups is 2. The average Bonchev–Trinajstić information content (AvgIpc) is 2.96. The lowest BCUT2D eigenvalue weighted by Gasteiger charge is -2.36. The molecule has 3 heterocycles. The summed E-state index contributed by atoms with van der Waals surface area (Å²) >= 11 is 6.14. The van der Waals surface area contributed by atoms with E-state index in [1.165, 1.54) is 55.8 Å². The van der Waals surface area contributed by atoms with E-state index in [2.05, 4.69) is 65.5 Å². The first-order valence-electron chi connectivity index (χ1n) is 15.1. The van der Waals surface area contributed by atoms with Gasteiger partial charge in [-0.25, -0.2) is 14.8 Å². The Bertz CT molecular complexity index is 1280. The minimum atomic E-state index is -0.447. The second-order valence-corrected chi connectivity index (χ2v) is 12.7. The molecule has 272 valence electrons. The van der Waals surface area contributed by atoms with Crippen LogP contribution in [0.15, 0.2) is 41.3 Å². The summed E-state index contributed by atoms with van der Waals surface area (Å²) in [5, 5.41) is 27.3. The number of likely N-dealkylation sites (tertiary alicyclic amines) is 1. The second kappa shape index (κ2) is 27.5. The van der Waals surface area contributed by atoms with Gasteiger partial charge in [-0.3, -0.25) is 0 Å². The molecular formula is C37H53Br2N3O7. The number of halogens is 2. The van der Waals surface area contributed by atoms with Gasteiger partial charge in [0, 0.05) is 0 Å². The van der Waals surface area contributed by atoms with Crippen LogP contribution in [0.5, 0.6) is 11.5 Å². The Kier molecular flexibility index (Phi) is 26.8. The van der Waals surface area contributed by atoms with Crippen molar-refractivity contribution in [2.75, 3.05) is 31.6 Å². The predicted octanol–water partition coefficient (Wildman–Crippen LogP) is 7.33. The van der Waals surface area contributed by atoms with Gasteiger partial charge in [-0.1, -0.05) is 48.5 Å². The normalized spacial score (nSPS) is 14.3. The van der Waals surface area contributed by atoms with Crippen molar-refractivity contribution in [1.82, 2.24) is 14.9 Å². The Labute approximate surface area is 310 Å². The number of alkyl halides is 1. The maximum absolute atomic E-state index is 11.2. The summed E-state index contributed by atoms with van der Waals surface area (Å²) in [7, 11) is 0. The maximum Gasteiger partial charge on any atom is 0.410 e.